The molecule has 2 N–H and O–H groups in total. The largest absolute Gasteiger partial charge is 0.353 e. The number of nitrogens with one attached hydrogen (secondary N) is 2. The maximum Gasteiger partial charge on any atom is 0.115 e. The van der Waals surface area contributed by atoms with E-state index in [9.17, 15) is 0 Å². The van der Waals surface area contributed by atoms with Crippen LogP contribution in [0.2, 0.25) is 0 Å². The first kappa shape index (κ1) is 14.5. The summed E-state index contributed by atoms with van der Waals surface area (Å²) in [7, 11) is 0. The fourth-order valence-corrected chi connectivity index (χ4v) is 3.08. The number of pyridine rings is 1. The van der Waals surface area contributed by atoms with Crippen LogP contribution >= 0.6 is 0 Å². The van der Waals surface area contributed by atoms with Gasteiger partial charge in [-0.05, 0) is 30.3 Å². The smallest absolute Gasteiger partial charge is 0.115 e. The molecule has 0 fully saturated rings. The van der Waals surface area contributed by atoms with E-state index in [1.54, 1.807) is 12.4 Å². The highest BCUT2D eigenvalue weighted by atomic mass is 15.1. The monoisotopic (exact) mass is 338 g/mol. The molecule has 5 rings (SSSR count). The van der Waals surface area contributed by atoms with Gasteiger partial charge in [-0.2, -0.15) is 5.10 Å². The molecule has 0 aliphatic carbocycles. The van der Waals surface area contributed by atoms with E-state index in [1.165, 1.54) is 6.33 Å². The zero-order chi connectivity index (χ0) is 17.3. The van der Waals surface area contributed by atoms with Gasteiger partial charge in [-0.15, -0.1) is 0 Å². The van der Waals surface area contributed by atoms with E-state index >= 15 is 0 Å². The molecule has 4 aromatic heterocycles. The predicted molar refractivity (Wildman–Crippen MR) is 100 cm³/mol. The molecule has 0 atom stereocenters. The Kier molecular flexibility index (Phi) is 3.31. The van der Waals surface area contributed by atoms with Crippen LogP contribution in [-0.4, -0.2) is 30.1 Å². The molecule has 0 bridgehead atoms. The van der Waals surface area contributed by atoms with E-state index in [2.05, 4.69) is 48.3 Å². The van der Waals surface area contributed by atoms with Crippen LogP contribution in [0.5, 0.6) is 0 Å². The van der Waals surface area contributed by atoms with E-state index in [-0.39, 0.29) is 0 Å². The Balaban J connectivity index is 1.60. The van der Waals surface area contributed by atoms with Gasteiger partial charge < -0.3 is 4.98 Å². The summed E-state index contributed by atoms with van der Waals surface area (Å²) < 4.78 is 0. The average Bonchev–Trinajstić information content (AvgIpc) is 3.36. The number of hydrogen-bond acceptors (Lipinski definition) is 4. The minimum Gasteiger partial charge on any atom is -0.353 e. The summed E-state index contributed by atoms with van der Waals surface area (Å²) >= 11 is 0. The number of hydrogen-bond donors (Lipinski definition) is 2. The third-order valence-electron chi connectivity index (χ3n) is 4.33. The highest BCUT2D eigenvalue weighted by molar-refractivity contribution is 5.97. The van der Waals surface area contributed by atoms with Crippen LogP contribution in [0.3, 0.4) is 0 Å². The molecule has 0 saturated carbocycles. The van der Waals surface area contributed by atoms with Crippen molar-refractivity contribution < 1.29 is 0 Å². The van der Waals surface area contributed by atoms with Crippen LogP contribution < -0.4 is 0 Å². The number of nitrogens with zero attached hydrogens (tertiary/aromatic N) is 4. The molecule has 1 aromatic carbocycles. The maximum absolute atomic E-state index is 4.48. The zero-order valence-electron chi connectivity index (χ0n) is 13.7. The number of fused-ring (bicyclic) bond motifs is 1. The Morgan fingerprint density at radius 2 is 1.73 bits per heavy atom. The zero-order valence-corrected chi connectivity index (χ0v) is 13.7. The van der Waals surface area contributed by atoms with Crippen molar-refractivity contribution in [2.45, 2.75) is 0 Å². The van der Waals surface area contributed by atoms with Crippen molar-refractivity contribution in [3.8, 4) is 33.9 Å². The van der Waals surface area contributed by atoms with Gasteiger partial charge in [0.15, 0.2) is 0 Å². The third-order valence-corrected chi connectivity index (χ3v) is 4.33. The van der Waals surface area contributed by atoms with Gasteiger partial charge in [-0.1, -0.05) is 18.2 Å². The van der Waals surface area contributed by atoms with E-state index in [4.69, 9.17) is 0 Å². The Labute approximate surface area is 149 Å². The fraction of sp³-hybridized carbons (Fsp3) is 0. The first-order chi connectivity index (χ1) is 12.9. The van der Waals surface area contributed by atoms with Gasteiger partial charge in [0.2, 0.25) is 0 Å². The topological polar surface area (TPSA) is 83.1 Å². The van der Waals surface area contributed by atoms with Crippen LogP contribution in [0.25, 0.3) is 44.8 Å². The molecule has 0 unspecified atom stereocenters. The first-order valence-corrected chi connectivity index (χ1v) is 8.23. The summed E-state index contributed by atoms with van der Waals surface area (Å²) in [5, 5.41) is 8.60. The summed E-state index contributed by atoms with van der Waals surface area (Å²) in [6.45, 7) is 0. The second kappa shape index (κ2) is 5.93. The molecule has 5 aromatic rings. The maximum atomic E-state index is 4.48. The van der Waals surface area contributed by atoms with E-state index in [1.807, 2.05) is 36.5 Å². The number of aromatic nitrogens is 6. The van der Waals surface area contributed by atoms with Gasteiger partial charge in [-0.25, -0.2) is 9.97 Å². The van der Waals surface area contributed by atoms with Crippen LogP contribution in [0, 0.1) is 0 Å². The second-order valence-corrected chi connectivity index (χ2v) is 5.96. The lowest BCUT2D eigenvalue weighted by Crippen LogP contribution is -1.82. The summed E-state index contributed by atoms with van der Waals surface area (Å²) in [4.78, 5) is 16.0. The summed E-state index contributed by atoms with van der Waals surface area (Å²) in [5.74, 6) is 0. The minimum atomic E-state index is 0.840. The van der Waals surface area contributed by atoms with Crippen molar-refractivity contribution in [3.05, 3.63) is 73.4 Å². The van der Waals surface area contributed by atoms with E-state index in [0.29, 0.717) is 0 Å². The highest BCUT2D eigenvalue weighted by Gasteiger charge is 2.12. The van der Waals surface area contributed by atoms with E-state index < -0.39 is 0 Å². The van der Waals surface area contributed by atoms with Crippen molar-refractivity contribution in [2.24, 2.45) is 0 Å². The molecule has 0 aliphatic rings. The SMILES string of the molecule is c1ccc(-c2cccc3[nH]c(-c4cc(-c5cncnc5)[nH]n4)cc23)nc1. The van der Waals surface area contributed by atoms with Crippen molar-refractivity contribution in [2.75, 3.05) is 0 Å². The van der Waals surface area contributed by atoms with Gasteiger partial charge >= 0.3 is 0 Å². The van der Waals surface area contributed by atoms with Crippen LogP contribution in [0.15, 0.2) is 73.4 Å². The molecular weight excluding hydrogens is 324 g/mol. The quantitative estimate of drug-likeness (QED) is 0.519. The fourth-order valence-electron chi connectivity index (χ4n) is 3.08. The molecule has 0 radical (unpaired) electrons. The van der Waals surface area contributed by atoms with Crippen molar-refractivity contribution in [3.63, 3.8) is 0 Å². The Morgan fingerprint density at radius 1 is 0.808 bits per heavy atom. The lowest BCUT2D eigenvalue weighted by molar-refractivity contribution is 1.08. The Bertz CT molecular complexity index is 1170. The third kappa shape index (κ3) is 2.44. The molecule has 0 saturated heterocycles. The lowest BCUT2D eigenvalue weighted by atomic mass is 10.1. The summed E-state index contributed by atoms with van der Waals surface area (Å²) in [6, 6.07) is 16.2. The Hall–Kier alpha value is -3.80. The number of H-pyrrole nitrogens is 2. The average molecular weight is 338 g/mol. The lowest BCUT2D eigenvalue weighted by Gasteiger charge is -2.01. The van der Waals surface area contributed by atoms with Gasteiger partial charge in [0.05, 0.1) is 17.1 Å². The standard InChI is InChI=1S/C20H14N6/c1-2-7-23-16(5-1)14-4-3-6-17-15(14)8-19(24-17)20-9-18(25-26-20)13-10-21-12-22-11-13/h1-12,24H,(H,25,26). The minimum absolute atomic E-state index is 0.840. The molecular formula is C20H14N6. The molecule has 6 heteroatoms. The van der Waals surface area contributed by atoms with Crippen molar-refractivity contribution in [1.29, 1.82) is 0 Å². The molecule has 4 heterocycles. The van der Waals surface area contributed by atoms with Gasteiger partial charge in [-0.3, -0.25) is 10.1 Å². The molecule has 0 amide bonds. The number of aromatic amines is 2. The normalized spacial score (nSPS) is 11.1. The van der Waals surface area contributed by atoms with Crippen LogP contribution in [0.4, 0.5) is 0 Å². The van der Waals surface area contributed by atoms with Gasteiger partial charge in [0.25, 0.3) is 0 Å². The Morgan fingerprint density at radius 3 is 2.58 bits per heavy atom. The first-order valence-electron chi connectivity index (χ1n) is 8.23. The summed E-state index contributed by atoms with van der Waals surface area (Å²) in [6.07, 6.45) is 6.84. The molecule has 0 aliphatic heterocycles. The predicted octanol–water partition coefficient (Wildman–Crippen LogP) is 4.08. The second-order valence-electron chi connectivity index (χ2n) is 5.96. The van der Waals surface area contributed by atoms with Gasteiger partial charge in [0, 0.05) is 40.6 Å². The molecule has 0 spiro atoms. The molecule has 124 valence electrons. The van der Waals surface area contributed by atoms with Crippen molar-refractivity contribution >= 4 is 10.9 Å². The summed E-state index contributed by atoms with van der Waals surface area (Å²) in [5.41, 5.74) is 6.66. The number of benzene rings is 1. The molecule has 26 heavy (non-hydrogen) atoms. The van der Waals surface area contributed by atoms with E-state index in [0.717, 1.165) is 44.8 Å². The van der Waals surface area contributed by atoms with Crippen molar-refractivity contribution in [1.82, 2.24) is 30.1 Å². The van der Waals surface area contributed by atoms with Crippen LogP contribution in [0.1, 0.15) is 0 Å². The number of rotatable bonds is 3. The van der Waals surface area contributed by atoms with Gasteiger partial charge in [0.1, 0.15) is 12.0 Å². The van der Waals surface area contributed by atoms with Crippen LogP contribution in [-0.2, 0) is 0 Å². The highest BCUT2D eigenvalue weighted by Crippen LogP contribution is 2.31. The molecule has 6 nitrogen and oxygen atoms in total.